The number of carbonyl (C=O) groups is 2. The fourth-order valence-electron chi connectivity index (χ4n) is 4.47. The Morgan fingerprint density at radius 2 is 1.70 bits per heavy atom. The van der Waals surface area contributed by atoms with Crippen molar-refractivity contribution in [3.05, 3.63) is 28.8 Å². The lowest BCUT2D eigenvalue weighted by Gasteiger charge is -2.19. The van der Waals surface area contributed by atoms with Crippen LogP contribution in [-0.4, -0.2) is 11.8 Å². The van der Waals surface area contributed by atoms with E-state index in [1.807, 2.05) is 13.0 Å². The highest BCUT2D eigenvalue weighted by Gasteiger charge is 2.61. The summed E-state index contributed by atoms with van der Waals surface area (Å²) in [6.45, 7) is 1.91. The third kappa shape index (κ3) is 1.47. The molecule has 1 heterocycles. The zero-order valence-corrected chi connectivity index (χ0v) is 12.1. The molecule has 4 heteroatoms. The van der Waals surface area contributed by atoms with E-state index in [2.05, 4.69) is 0 Å². The van der Waals surface area contributed by atoms with E-state index in [4.69, 9.17) is 11.6 Å². The molecule has 0 aromatic heterocycles. The van der Waals surface area contributed by atoms with Crippen LogP contribution in [0, 0.1) is 30.6 Å². The lowest BCUT2D eigenvalue weighted by atomic mass is 9.81. The van der Waals surface area contributed by atoms with E-state index in [9.17, 15) is 9.59 Å². The lowest BCUT2D eigenvalue weighted by molar-refractivity contribution is -0.123. The molecule has 104 valence electrons. The highest BCUT2D eigenvalue weighted by atomic mass is 35.5. The molecule has 0 spiro atoms. The van der Waals surface area contributed by atoms with Crippen molar-refractivity contribution in [3.63, 3.8) is 0 Å². The molecule has 2 amide bonds. The molecule has 20 heavy (non-hydrogen) atoms. The predicted octanol–water partition coefficient (Wildman–Crippen LogP) is 3.18. The Balaban J connectivity index is 1.79. The van der Waals surface area contributed by atoms with Crippen molar-refractivity contribution in [3.8, 4) is 0 Å². The fourth-order valence-corrected chi connectivity index (χ4v) is 4.64. The zero-order valence-electron chi connectivity index (χ0n) is 11.3. The van der Waals surface area contributed by atoms with Gasteiger partial charge in [0.15, 0.2) is 0 Å². The van der Waals surface area contributed by atoms with Crippen molar-refractivity contribution in [2.75, 3.05) is 4.90 Å². The normalized spacial score (nSPS) is 35.0. The largest absolute Gasteiger partial charge is 0.274 e. The first-order valence-corrected chi connectivity index (χ1v) is 7.59. The average Bonchev–Trinajstić information content (AvgIpc) is 3.08. The Morgan fingerprint density at radius 3 is 2.30 bits per heavy atom. The zero-order chi connectivity index (χ0) is 14.0. The topological polar surface area (TPSA) is 37.4 Å². The minimum absolute atomic E-state index is 0.00225. The van der Waals surface area contributed by atoms with Crippen LogP contribution in [0.3, 0.4) is 0 Å². The number of aryl methyl sites for hydroxylation is 1. The minimum atomic E-state index is -0.0698. The molecule has 1 aromatic carbocycles. The van der Waals surface area contributed by atoms with E-state index in [1.54, 1.807) is 12.1 Å². The van der Waals surface area contributed by atoms with Gasteiger partial charge in [0.05, 0.1) is 17.5 Å². The van der Waals surface area contributed by atoms with Crippen LogP contribution >= 0.6 is 11.6 Å². The molecular weight excluding hydrogens is 274 g/mol. The summed E-state index contributed by atoms with van der Waals surface area (Å²) in [6.07, 6.45) is 3.27. The molecule has 0 radical (unpaired) electrons. The van der Waals surface area contributed by atoms with Gasteiger partial charge in [-0.2, -0.15) is 0 Å². The molecule has 1 aliphatic heterocycles. The third-order valence-electron chi connectivity index (χ3n) is 5.34. The predicted molar refractivity (Wildman–Crippen MR) is 76.5 cm³/mol. The van der Waals surface area contributed by atoms with Gasteiger partial charge in [-0.15, -0.1) is 0 Å². The molecule has 0 N–H and O–H groups in total. The van der Waals surface area contributed by atoms with Crippen LogP contribution in [-0.2, 0) is 9.59 Å². The first kappa shape index (κ1) is 12.4. The summed E-state index contributed by atoms with van der Waals surface area (Å²) in [6, 6.07) is 5.38. The number of rotatable bonds is 1. The van der Waals surface area contributed by atoms with Gasteiger partial charge in [-0.1, -0.05) is 17.7 Å². The summed E-state index contributed by atoms with van der Waals surface area (Å²) in [7, 11) is 0. The van der Waals surface area contributed by atoms with Crippen LogP contribution in [0.25, 0.3) is 0 Å². The average molecular weight is 290 g/mol. The quantitative estimate of drug-likeness (QED) is 0.745. The lowest BCUT2D eigenvalue weighted by Crippen LogP contribution is -2.33. The monoisotopic (exact) mass is 289 g/mol. The highest BCUT2D eigenvalue weighted by Crippen LogP contribution is 2.56. The van der Waals surface area contributed by atoms with E-state index in [0.717, 1.165) is 24.8 Å². The fraction of sp³-hybridized carbons (Fsp3) is 0.500. The van der Waals surface area contributed by atoms with Crippen LogP contribution < -0.4 is 4.90 Å². The van der Waals surface area contributed by atoms with Gasteiger partial charge < -0.3 is 0 Å². The van der Waals surface area contributed by atoms with Crippen molar-refractivity contribution >= 4 is 29.1 Å². The number of benzene rings is 1. The van der Waals surface area contributed by atoms with E-state index in [1.165, 1.54) is 4.90 Å². The van der Waals surface area contributed by atoms with Crippen LogP contribution in [0.5, 0.6) is 0 Å². The molecule has 3 fully saturated rings. The number of halogens is 1. The third-order valence-corrected chi connectivity index (χ3v) is 5.57. The second kappa shape index (κ2) is 4.08. The van der Waals surface area contributed by atoms with Crippen LogP contribution in [0.15, 0.2) is 18.2 Å². The Bertz CT molecular complexity index is 599. The summed E-state index contributed by atoms with van der Waals surface area (Å²) >= 11 is 6.03. The van der Waals surface area contributed by atoms with E-state index >= 15 is 0 Å². The molecule has 3 nitrogen and oxygen atoms in total. The maximum atomic E-state index is 12.7. The van der Waals surface area contributed by atoms with Gasteiger partial charge in [-0.05, 0) is 55.7 Å². The summed E-state index contributed by atoms with van der Waals surface area (Å²) in [5.74, 6) is 0.700. The minimum Gasteiger partial charge on any atom is -0.274 e. The Labute approximate surface area is 122 Å². The van der Waals surface area contributed by atoms with Crippen LogP contribution in [0.2, 0.25) is 5.02 Å². The number of hydrogen-bond donors (Lipinski definition) is 0. The molecule has 1 saturated heterocycles. The SMILES string of the molecule is Cc1ccc(Cl)cc1N1C(=O)[C@@H]2[C@H]3CC[C@@H](C3)[C@H]2C1=O. The Hall–Kier alpha value is -1.35. The number of nitrogens with zero attached hydrogens (tertiary/aromatic N) is 1. The molecule has 3 aliphatic rings. The smallest absolute Gasteiger partial charge is 0.237 e. The maximum absolute atomic E-state index is 12.7. The summed E-state index contributed by atoms with van der Waals surface area (Å²) in [5.41, 5.74) is 1.59. The first-order valence-electron chi connectivity index (χ1n) is 7.22. The van der Waals surface area contributed by atoms with Crippen molar-refractivity contribution in [2.45, 2.75) is 26.2 Å². The molecule has 4 rings (SSSR count). The van der Waals surface area contributed by atoms with E-state index in [0.29, 0.717) is 22.5 Å². The second-order valence-corrected chi connectivity index (χ2v) is 6.76. The highest BCUT2D eigenvalue weighted by molar-refractivity contribution is 6.31. The van der Waals surface area contributed by atoms with Crippen molar-refractivity contribution < 1.29 is 9.59 Å². The van der Waals surface area contributed by atoms with Crippen LogP contribution in [0.1, 0.15) is 24.8 Å². The molecule has 1 aromatic rings. The van der Waals surface area contributed by atoms with Gasteiger partial charge >= 0.3 is 0 Å². The van der Waals surface area contributed by atoms with Gasteiger partial charge in [0, 0.05) is 5.02 Å². The number of hydrogen-bond acceptors (Lipinski definition) is 2. The number of imide groups is 1. The van der Waals surface area contributed by atoms with Crippen molar-refractivity contribution in [2.24, 2.45) is 23.7 Å². The van der Waals surface area contributed by atoms with Gasteiger partial charge in [-0.3, -0.25) is 9.59 Å². The van der Waals surface area contributed by atoms with Gasteiger partial charge in [-0.25, -0.2) is 4.90 Å². The number of amides is 2. The molecule has 2 saturated carbocycles. The van der Waals surface area contributed by atoms with Gasteiger partial charge in [0.25, 0.3) is 0 Å². The standard InChI is InChI=1S/C16H16ClNO2/c1-8-2-5-11(17)7-12(8)18-15(19)13-9-3-4-10(6-9)14(13)16(18)20/h2,5,7,9-10,13-14H,3-4,6H2,1H3/t9-,10-,13+,14+/m0/s1. The van der Waals surface area contributed by atoms with Gasteiger partial charge in [0.2, 0.25) is 11.8 Å². The van der Waals surface area contributed by atoms with Crippen molar-refractivity contribution in [1.82, 2.24) is 0 Å². The summed E-state index contributed by atoms with van der Waals surface area (Å²) < 4.78 is 0. The molecule has 2 aliphatic carbocycles. The Kier molecular flexibility index (Phi) is 2.53. The molecule has 2 bridgehead atoms. The van der Waals surface area contributed by atoms with E-state index in [-0.39, 0.29) is 23.7 Å². The Morgan fingerprint density at radius 1 is 1.10 bits per heavy atom. The summed E-state index contributed by atoms with van der Waals surface area (Å²) in [5, 5.41) is 0.561. The van der Waals surface area contributed by atoms with Crippen LogP contribution in [0.4, 0.5) is 5.69 Å². The van der Waals surface area contributed by atoms with Crippen molar-refractivity contribution in [1.29, 1.82) is 0 Å². The molecular formula is C16H16ClNO2. The molecule has 0 unspecified atom stereocenters. The second-order valence-electron chi connectivity index (χ2n) is 6.33. The van der Waals surface area contributed by atoms with E-state index < -0.39 is 0 Å². The molecule has 4 atom stereocenters. The number of fused-ring (bicyclic) bond motifs is 5. The van der Waals surface area contributed by atoms with Gasteiger partial charge in [0.1, 0.15) is 0 Å². The number of carbonyl (C=O) groups excluding carboxylic acids is 2. The summed E-state index contributed by atoms with van der Waals surface area (Å²) in [4.78, 5) is 26.8. The first-order chi connectivity index (χ1) is 9.58. The number of anilines is 1. The maximum Gasteiger partial charge on any atom is 0.237 e.